The second kappa shape index (κ2) is 6.62. The molecule has 1 amide bonds. The summed E-state index contributed by atoms with van der Waals surface area (Å²) in [6.45, 7) is 0.698. The van der Waals surface area contributed by atoms with Crippen molar-refractivity contribution in [1.29, 1.82) is 0 Å². The fraction of sp³-hybridized carbons (Fsp3) is 0.500. The second-order valence-corrected chi connectivity index (χ2v) is 6.90. The molecule has 0 saturated carbocycles. The van der Waals surface area contributed by atoms with Gasteiger partial charge in [-0.25, -0.2) is 0 Å². The summed E-state index contributed by atoms with van der Waals surface area (Å²) in [5.41, 5.74) is 1.18. The average Bonchev–Trinajstić information content (AvgIpc) is 2.41. The Hall–Kier alpha value is -0.480. The molecule has 1 aliphatic heterocycles. The molecule has 18 heavy (non-hydrogen) atoms. The Kier molecular flexibility index (Phi) is 5.13. The van der Waals surface area contributed by atoms with Crippen molar-refractivity contribution in [3.05, 3.63) is 34.3 Å². The third kappa shape index (κ3) is 3.75. The van der Waals surface area contributed by atoms with Crippen molar-refractivity contribution < 1.29 is 4.79 Å². The van der Waals surface area contributed by atoms with Gasteiger partial charge in [-0.2, -0.15) is 0 Å². The Balaban J connectivity index is 1.92. The molecule has 1 fully saturated rings. The van der Waals surface area contributed by atoms with E-state index in [-0.39, 0.29) is 11.2 Å². The summed E-state index contributed by atoms with van der Waals surface area (Å²) in [6, 6.07) is 8.15. The summed E-state index contributed by atoms with van der Waals surface area (Å²) in [4.78, 5) is 14.1. The predicted molar refractivity (Wildman–Crippen MR) is 80.7 cm³/mol. The van der Waals surface area contributed by atoms with Gasteiger partial charge in [0.25, 0.3) is 0 Å². The van der Waals surface area contributed by atoms with Gasteiger partial charge >= 0.3 is 0 Å². The Morgan fingerprint density at radius 3 is 2.72 bits per heavy atom. The van der Waals surface area contributed by atoms with Gasteiger partial charge in [0.1, 0.15) is 0 Å². The van der Waals surface area contributed by atoms with Gasteiger partial charge in [-0.3, -0.25) is 4.79 Å². The van der Waals surface area contributed by atoms with Gasteiger partial charge in [0, 0.05) is 18.1 Å². The smallest absolute Gasteiger partial charge is 0.235 e. The summed E-state index contributed by atoms with van der Waals surface area (Å²) in [5.74, 6) is 1.41. The normalized spacial score (nSPS) is 19.6. The molecule has 1 aromatic rings. The highest BCUT2D eigenvalue weighted by Gasteiger charge is 2.24. The number of thioether (sulfide) groups is 1. The number of carbonyl (C=O) groups is 1. The average molecular weight is 328 g/mol. The molecule has 0 bridgehead atoms. The van der Waals surface area contributed by atoms with Crippen LogP contribution in [0, 0.1) is 0 Å². The lowest BCUT2D eigenvalue weighted by atomic mass is 10.1. The quantitative estimate of drug-likeness (QED) is 0.843. The first-order chi connectivity index (χ1) is 8.66. The van der Waals surface area contributed by atoms with Crippen molar-refractivity contribution in [2.24, 2.45) is 0 Å². The number of halogens is 1. The van der Waals surface area contributed by atoms with Crippen molar-refractivity contribution in [3.8, 4) is 0 Å². The number of carbonyl (C=O) groups excluding carboxylic acids is 1. The van der Waals surface area contributed by atoms with Crippen LogP contribution in [-0.2, 0) is 11.3 Å². The molecule has 98 valence electrons. The molecule has 4 heteroatoms. The maximum Gasteiger partial charge on any atom is 0.235 e. The van der Waals surface area contributed by atoms with Crippen LogP contribution < -0.4 is 0 Å². The van der Waals surface area contributed by atoms with E-state index in [0.29, 0.717) is 6.54 Å². The summed E-state index contributed by atoms with van der Waals surface area (Å²) in [6.07, 6.45) is 3.48. The van der Waals surface area contributed by atoms with Gasteiger partial charge in [-0.15, -0.1) is 11.8 Å². The molecule has 1 aromatic carbocycles. The topological polar surface area (TPSA) is 20.3 Å². The molecule has 0 aromatic heterocycles. The van der Waals surface area contributed by atoms with Crippen LogP contribution in [0.25, 0.3) is 0 Å². The summed E-state index contributed by atoms with van der Waals surface area (Å²) >= 11 is 5.23. The number of amides is 1. The van der Waals surface area contributed by atoms with E-state index in [0.717, 1.165) is 16.6 Å². The summed E-state index contributed by atoms with van der Waals surface area (Å²) in [5, 5.41) is 0.180. The molecule has 0 radical (unpaired) electrons. The zero-order valence-corrected chi connectivity index (χ0v) is 13.0. The third-order valence-corrected chi connectivity index (χ3v) is 5.06. The van der Waals surface area contributed by atoms with Crippen LogP contribution in [-0.4, -0.2) is 28.9 Å². The van der Waals surface area contributed by atoms with Crippen molar-refractivity contribution >= 4 is 33.6 Å². The lowest BCUT2D eigenvalue weighted by Crippen LogP contribution is -2.35. The van der Waals surface area contributed by atoms with Gasteiger partial charge < -0.3 is 4.90 Å². The summed E-state index contributed by atoms with van der Waals surface area (Å²) < 4.78 is 1.07. The number of benzene rings is 1. The van der Waals surface area contributed by atoms with E-state index in [2.05, 4.69) is 28.1 Å². The Morgan fingerprint density at radius 1 is 1.39 bits per heavy atom. The second-order valence-electron chi connectivity index (χ2n) is 4.68. The monoisotopic (exact) mass is 327 g/mol. The van der Waals surface area contributed by atoms with Crippen molar-refractivity contribution in [2.45, 2.75) is 31.1 Å². The SMILES string of the molecule is CN(Cc1ccc(Br)cc1)C(=O)C1CCCCS1. The van der Waals surface area contributed by atoms with Crippen molar-refractivity contribution in [1.82, 2.24) is 4.90 Å². The van der Waals surface area contributed by atoms with Crippen molar-refractivity contribution in [2.75, 3.05) is 12.8 Å². The van der Waals surface area contributed by atoms with E-state index in [1.54, 1.807) is 0 Å². The molecule has 2 nitrogen and oxygen atoms in total. The predicted octanol–water partition coefficient (Wildman–Crippen LogP) is 3.69. The van der Waals surface area contributed by atoms with Gasteiger partial charge in [-0.05, 0) is 36.3 Å². The molecule has 1 saturated heterocycles. The standard InChI is InChI=1S/C14H18BrNOS/c1-16(10-11-5-7-12(15)8-6-11)14(17)13-4-2-3-9-18-13/h5-8,13H,2-4,9-10H2,1H3. The van der Waals surface area contributed by atoms with Crippen LogP contribution in [0.1, 0.15) is 24.8 Å². The van der Waals surface area contributed by atoms with Crippen molar-refractivity contribution in [3.63, 3.8) is 0 Å². The minimum Gasteiger partial charge on any atom is -0.340 e. The van der Waals surface area contributed by atoms with E-state index in [1.807, 2.05) is 35.8 Å². The van der Waals surface area contributed by atoms with Gasteiger partial charge in [0.2, 0.25) is 5.91 Å². The molecule has 0 spiro atoms. The molecule has 1 unspecified atom stereocenters. The molecule has 1 aliphatic rings. The van der Waals surface area contributed by atoms with Crippen LogP contribution in [0.5, 0.6) is 0 Å². The Labute approximate surface area is 121 Å². The first-order valence-corrected chi connectivity index (χ1v) is 8.12. The first kappa shape index (κ1) is 13.9. The van der Waals surface area contributed by atoms with Crippen LogP contribution >= 0.6 is 27.7 Å². The molecule has 0 N–H and O–H groups in total. The van der Waals surface area contributed by atoms with Crippen LogP contribution in [0.4, 0.5) is 0 Å². The fourth-order valence-corrected chi connectivity index (χ4v) is 3.70. The van der Waals surface area contributed by atoms with Gasteiger partial charge in [-0.1, -0.05) is 34.5 Å². The first-order valence-electron chi connectivity index (χ1n) is 6.28. The van der Waals surface area contributed by atoms with E-state index in [1.165, 1.54) is 18.4 Å². The minimum absolute atomic E-state index is 0.180. The Morgan fingerprint density at radius 2 is 2.11 bits per heavy atom. The largest absolute Gasteiger partial charge is 0.340 e. The highest BCUT2D eigenvalue weighted by Crippen LogP contribution is 2.26. The zero-order valence-electron chi connectivity index (χ0n) is 10.6. The summed E-state index contributed by atoms with van der Waals surface area (Å²) in [7, 11) is 1.90. The molecule has 1 heterocycles. The highest BCUT2D eigenvalue weighted by atomic mass is 79.9. The van der Waals surface area contributed by atoms with Crippen LogP contribution in [0.3, 0.4) is 0 Å². The maximum absolute atomic E-state index is 12.3. The fourth-order valence-electron chi connectivity index (χ4n) is 2.12. The molecular formula is C14H18BrNOS. The third-order valence-electron chi connectivity index (χ3n) is 3.16. The molecule has 0 aliphatic carbocycles. The number of nitrogens with zero attached hydrogens (tertiary/aromatic N) is 1. The van der Waals surface area contributed by atoms with E-state index < -0.39 is 0 Å². The molecular weight excluding hydrogens is 310 g/mol. The Bertz CT molecular complexity index is 401. The zero-order chi connectivity index (χ0) is 13.0. The minimum atomic E-state index is 0.180. The van der Waals surface area contributed by atoms with E-state index >= 15 is 0 Å². The van der Waals surface area contributed by atoms with E-state index in [4.69, 9.17) is 0 Å². The lowest BCUT2D eigenvalue weighted by Gasteiger charge is -2.26. The number of rotatable bonds is 3. The van der Waals surface area contributed by atoms with Crippen LogP contribution in [0.15, 0.2) is 28.7 Å². The molecule has 1 atom stereocenters. The number of hydrogen-bond donors (Lipinski definition) is 0. The van der Waals surface area contributed by atoms with Crippen LogP contribution in [0.2, 0.25) is 0 Å². The number of hydrogen-bond acceptors (Lipinski definition) is 2. The lowest BCUT2D eigenvalue weighted by molar-refractivity contribution is -0.130. The van der Waals surface area contributed by atoms with Gasteiger partial charge in [0.05, 0.1) is 5.25 Å². The maximum atomic E-state index is 12.3. The molecule has 2 rings (SSSR count). The van der Waals surface area contributed by atoms with Gasteiger partial charge in [0.15, 0.2) is 0 Å². The van der Waals surface area contributed by atoms with E-state index in [9.17, 15) is 4.79 Å². The highest BCUT2D eigenvalue weighted by molar-refractivity contribution is 9.10.